The van der Waals surface area contributed by atoms with Crippen molar-refractivity contribution in [2.45, 2.75) is 18.9 Å². The number of nitrogens with zero attached hydrogens (tertiary/aromatic N) is 1. The fourth-order valence-corrected chi connectivity index (χ4v) is 3.89. The fraction of sp³-hybridized carbons (Fsp3) is 0.217. The number of carbonyl (C=O) groups is 2. The molecule has 1 saturated heterocycles. The molecule has 1 aliphatic heterocycles. The first kappa shape index (κ1) is 18.0. The molecule has 1 fully saturated rings. The number of nitrogens with one attached hydrogen (secondary N) is 1. The Hall–Kier alpha value is -3.34. The van der Waals surface area contributed by atoms with Gasteiger partial charge in [-0.05, 0) is 41.3 Å². The quantitative estimate of drug-likeness (QED) is 0.701. The monoisotopic (exact) mass is 374 g/mol. The zero-order valence-electron chi connectivity index (χ0n) is 15.7. The number of likely N-dealkylation sites (tertiary alicyclic amines) is 1. The highest BCUT2D eigenvalue weighted by Gasteiger charge is 2.34. The van der Waals surface area contributed by atoms with Gasteiger partial charge in [0.1, 0.15) is 5.75 Å². The molecule has 0 aromatic heterocycles. The van der Waals surface area contributed by atoms with Gasteiger partial charge in [-0.2, -0.15) is 0 Å². The van der Waals surface area contributed by atoms with Crippen molar-refractivity contribution >= 4 is 28.3 Å². The van der Waals surface area contributed by atoms with Gasteiger partial charge in [0.2, 0.25) is 0 Å². The van der Waals surface area contributed by atoms with Gasteiger partial charge in [-0.25, -0.2) is 0 Å². The summed E-state index contributed by atoms with van der Waals surface area (Å²) in [5, 5.41) is 4.96. The Balaban J connectivity index is 1.57. The summed E-state index contributed by atoms with van der Waals surface area (Å²) in [4.78, 5) is 27.2. The van der Waals surface area contributed by atoms with E-state index in [9.17, 15) is 9.59 Å². The lowest BCUT2D eigenvalue weighted by molar-refractivity contribution is -0.143. The smallest absolute Gasteiger partial charge is 0.313 e. The van der Waals surface area contributed by atoms with E-state index in [1.165, 1.54) is 0 Å². The van der Waals surface area contributed by atoms with Gasteiger partial charge in [0.25, 0.3) is 0 Å². The van der Waals surface area contributed by atoms with Crippen LogP contribution in [0.3, 0.4) is 0 Å². The molecule has 28 heavy (non-hydrogen) atoms. The van der Waals surface area contributed by atoms with Gasteiger partial charge in [0.15, 0.2) is 0 Å². The molecule has 5 nitrogen and oxygen atoms in total. The molecule has 142 valence electrons. The molecule has 5 heteroatoms. The highest BCUT2D eigenvalue weighted by molar-refractivity contribution is 6.39. The Morgan fingerprint density at radius 1 is 1.04 bits per heavy atom. The maximum absolute atomic E-state index is 12.9. The van der Waals surface area contributed by atoms with Gasteiger partial charge in [0, 0.05) is 18.3 Å². The molecule has 4 rings (SSSR count). The van der Waals surface area contributed by atoms with E-state index in [-0.39, 0.29) is 6.04 Å². The van der Waals surface area contributed by atoms with Crippen LogP contribution >= 0.6 is 0 Å². The molecule has 3 aromatic carbocycles. The average molecular weight is 374 g/mol. The number of fused-ring (bicyclic) bond motifs is 1. The Morgan fingerprint density at radius 2 is 1.82 bits per heavy atom. The Labute approximate surface area is 163 Å². The molecule has 1 unspecified atom stereocenters. The molecule has 2 amide bonds. The first-order valence-corrected chi connectivity index (χ1v) is 9.41. The van der Waals surface area contributed by atoms with Crippen LogP contribution in [0.2, 0.25) is 0 Å². The van der Waals surface area contributed by atoms with Crippen molar-refractivity contribution in [2.24, 2.45) is 0 Å². The fourth-order valence-electron chi connectivity index (χ4n) is 3.89. The number of ether oxygens (including phenoxy) is 1. The van der Waals surface area contributed by atoms with Gasteiger partial charge in [0.05, 0.1) is 13.2 Å². The zero-order valence-corrected chi connectivity index (χ0v) is 15.7. The summed E-state index contributed by atoms with van der Waals surface area (Å²) in [5.41, 5.74) is 1.64. The van der Waals surface area contributed by atoms with Crippen molar-refractivity contribution in [3.8, 4) is 5.75 Å². The third-order valence-electron chi connectivity index (χ3n) is 5.22. The second-order valence-corrected chi connectivity index (χ2v) is 6.91. The van der Waals surface area contributed by atoms with E-state index in [4.69, 9.17) is 4.74 Å². The first-order valence-electron chi connectivity index (χ1n) is 9.41. The standard InChI is InChI=1S/C23H22N2O3/c1-28-18-10-5-9-17(15-18)24-22(26)23(27)25-14-6-13-21(25)20-12-4-8-16-7-2-3-11-19(16)20/h2-5,7-12,15,21H,6,13-14H2,1H3,(H,24,26). The second-order valence-electron chi connectivity index (χ2n) is 6.91. The third kappa shape index (κ3) is 3.43. The molecule has 0 spiro atoms. The molecule has 1 atom stereocenters. The molecule has 0 aliphatic carbocycles. The van der Waals surface area contributed by atoms with Crippen LogP contribution in [0.5, 0.6) is 5.75 Å². The van der Waals surface area contributed by atoms with E-state index in [0.29, 0.717) is 18.0 Å². The first-order chi connectivity index (χ1) is 13.7. The van der Waals surface area contributed by atoms with E-state index < -0.39 is 11.8 Å². The van der Waals surface area contributed by atoms with Crippen molar-refractivity contribution in [1.82, 2.24) is 4.90 Å². The molecule has 1 aliphatic rings. The molecule has 1 heterocycles. The van der Waals surface area contributed by atoms with Crippen molar-refractivity contribution in [1.29, 1.82) is 0 Å². The minimum atomic E-state index is -0.625. The van der Waals surface area contributed by atoms with Crippen molar-refractivity contribution in [3.63, 3.8) is 0 Å². The van der Waals surface area contributed by atoms with Gasteiger partial charge in [-0.1, -0.05) is 48.5 Å². The SMILES string of the molecule is COc1cccc(NC(=O)C(=O)N2CCCC2c2cccc3ccccc23)c1. The number of hydrogen-bond acceptors (Lipinski definition) is 3. The molecular weight excluding hydrogens is 352 g/mol. The number of anilines is 1. The lowest BCUT2D eigenvalue weighted by Gasteiger charge is -2.25. The number of amides is 2. The van der Waals surface area contributed by atoms with E-state index in [1.54, 1.807) is 36.3 Å². The number of rotatable bonds is 3. The normalized spacial score (nSPS) is 16.2. The largest absolute Gasteiger partial charge is 0.497 e. The van der Waals surface area contributed by atoms with Gasteiger partial charge >= 0.3 is 11.8 Å². The number of benzene rings is 3. The summed E-state index contributed by atoms with van der Waals surface area (Å²) in [6.07, 6.45) is 1.73. The average Bonchev–Trinajstić information content (AvgIpc) is 3.22. The highest BCUT2D eigenvalue weighted by Crippen LogP contribution is 2.36. The van der Waals surface area contributed by atoms with Crippen LogP contribution in [-0.2, 0) is 9.59 Å². The number of hydrogen-bond donors (Lipinski definition) is 1. The third-order valence-corrected chi connectivity index (χ3v) is 5.22. The second kappa shape index (κ2) is 7.72. The Bertz CT molecular complexity index is 1030. The lowest BCUT2D eigenvalue weighted by Crippen LogP contribution is -2.39. The summed E-state index contributed by atoms with van der Waals surface area (Å²) < 4.78 is 5.17. The van der Waals surface area contributed by atoms with Crippen molar-refractivity contribution < 1.29 is 14.3 Å². The summed E-state index contributed by atoms with van der Waals surface area (Å²) in [6, 6.07) is 21.2. The lowest BCUT2D eigenvalue weighted by atomic mass is 9.97. The number of methoxy groups -OCH3 is 1. The summed E-state index contributed by atoms with van der Waals surface area (Å²) in [5.74, 6) is -0.501. The summed E-state index contributed by atoms with van der Waals surface area (Å²) >= 11 is 0. The van der Waals surface area contributed by atoms with E-state index in [1.807, 2.05) is 18.2 Å². The highest BCUT2D eigenvalue weighted by atomic mass is 16.5. The van der Waals surface area contributed by atoms with Crippen LogP contribution in [0, 0.1) is 0 Å². The van der Waals surface area contributed by atoms with E-state index in [0.717, 1.165) is 29.2 Å². The van der Waals surface area contributed by atoms with Gasteiger partial charge < -0.3 is 15.0 Å². The number of carbonyl (C=O) groups excluding carboxylic acids is 2. The van der Waals surface area contributed by atoms with Crippen molar-refractivity contribution in [3.05, 3.63) is 72.3 Å². The van der Waals surface area contributed by atoms with Crippen LogP contribution < -0.4 is 10.1 Å². The maximum Gasteiger partial charge on any atom is 0.313 e. The van der Waals surface area contributed by atoms with Gasteiger partial charge in [-0.15, -0.1) is 0 Å². The molecule has 3 aromatic rings. The topological polar surface area (TPSA) is 58.6 Å². The molecular formula is C23H22N2O3. The van der Waals surface area contributed by atoms with Crippen LogP contribution in [0.15, 0.2) is 66.7 Å². The predicted octanol–water partition coefficient (Wildman–Crippen LogP) is 4.15. The predicted molar refractivity (Wildman–Crippen MR) is 109 cm³/mol. The van der Waals surface area contributed by atoms with E-state index in [2.05, 4.69) is 29.6 Å². The Morgan fingerprint density at radius 3 is 2.68 bits per heavy atom. The van der Waals surface area contributed by atoms with Crippen LogP contribution in [-0.4, -0.2) is 30.4 Å². The van der Waals surface area contributed by atoms with Crippen LogP contribution in [0.4, 0.5) is 5.69 Å². The molecule has 0 bridgehead atoms. The van der Waals surface area contributed by atoms with Crippen molar-refractivity contribution in [2.75, 3.05) is 19.0 Å². The molecule has 0 saturated carbocycles. The molecule has 0 radical (unpaired) electrons. The van der Waals surface area contributed by atoms with E-state index >= 15 is 0 Å². The van der Waals surface area contributed by atoms with Crippen LogP contribution in [0.25, 0.3) is 10.8 Å². The Kier molecular flexibility index (Phi) is 4.98. The zero-order chi connectivity index (χ0) is 19.5. The summed E-state index contributed by atoms with van der Waals surface area (Å²) in [6.45, 7) is 0.582. The van der Waals surface area contributed by atoms with Gasteiger partial charge in [-0.3, -0.25) is 9.59 Å². The molecule has 1 N–H and O–H groups in total. The summed E-state index contributed by atoms with van der Waals surface area (Å²) in [7, 11) is 1.56. The minimum absolute atomic E-state index is 0.0883. The minimum Gasteiger partial charge on any atom is -0.497 e. The maximum atomic E-state index is 12.9. The van der Waals surface area contributed by atoms with Crippen LogP contribution in [0.1, 0.15) is 24.4 Å².